The Morgan fingerprint density at radius 3 is 2.29 bits per heavy atom. The number of imidazole rings is 1. The summed E-state index contributed by atoms with van der Waals surface area (Å²) in [5.74, 6) is -0.231. The molecule has 3 aromatic rings. The molecule has 1 heterocycles. The molecule has 6 heteroatoms. The van der Waals surface area contributed by atoms with Crippen molar-refractivity contribution in [3.63, 3.8) is 0 Å². The van der Waals surface area contributed by atoms with Gasteiger partial charge in [-0.05, 0) is 36.4 Å². The average Bonchev–Trinajstić information content (AvgIpc) is 2.81. The van der Waals surface area contributed by atoms with E-state index < -0.39 is 0 Å². The van der Waals surface area contributed by atoms with Crippen molar-refractivity contribution in [3.8, 4) is 0 Å². The average molecular weight is 324 g/mol. The Morgan fingerprint density at radius 1 is 1.04 bits per heavy atom. The quantitative estimate of drug-likeness (QED) is 0.799. The molecule has 1 amide bonds. The lowest BCUT2D eigenvalue weighted by atomic mass is 10.2. The zero-order valence-electron chi connectivity index (χ0n) is 14.0. The van der Waals surface area contributed by atoms with Gasteiger partial charge in [-0.1, -0.05) is 12.1 Å². The second-order valence-corrected chi connectivity index (χ2v) is 5.91. The molecule has 0 aliphatic rings. The highest BCUT2D eigenvalue weighted by Gasteiger charge is 2.13. The number of fused-ring (bicyclic) bond motifs is 1. The van der Waals surface area contributed by atoms with Gasteiger partial charge in [0, 0.05) is 32.5 Å². The van der Waals surface area contributed by atoms with E-state index >= 15 is 0 Å². The van der Waals surface area contributed by atoms with Gasteiger partial charge in [0.25, 0.3) is 0 Å². The van der Waals surface area contributed by atoms with Gasteiger partial charge in [0.05, 0.1) is 11.0 Å². The minimum Gasteiger partial charge on any atom is -0.378 e. The fraction of sp³-hybridized carbons (Fsp3) is 0.222. The van der Waals surface area contributed by atoms with Gasteiger partial charge in [0.1, 0.15) is 6.54 Å². The second kappa shape index (κ2) is 6.23. The van der Waals surface area contributed by atoms with Crippen LogP contribution in [0.15, 0.2) is 53.3 Å². The Hall–Kier alpha value is -3.02. The highest BCUT2D eigenvalue weighted by atomic mass is 16.2. The van der Waals surface area contributed by atoms with Crippen LogP contribution in [0, 0.1) is 0 Å². The number of anilines is 2. The van der Waals surface area contributed by atoms with Crippen molar-refractivity contribution in [1.82, 2.24) is 9.13 Å². The van der Waals surface area contributed by atoms with E-state index in [1.807, 2.05) is 67.5 Å². The summed E-state index contributed by atoms with van der Waals surface area (Å²) in [5, 5.41) is 2.83. The van der Waals surface area contributed by atoms with Crippen LogP contribution in [0.1, 0.15) is 0 Å². The van der Waals surface area contributed by atoms with Gasteiger partial charge < -0.3 is 10.2 Å². The van der Waals surface area contributed by atoms with Crippen LogP contribution in [0.5, 0.6) is 0 Å². The van der Waals surface area contributed by atoms with Gasteiger partial charge in [-0.15, -0.1) is 0 Å². The predicted octanol–water partition coefficient (Wildman–Crippen LogP) is 2.04. The van der Waals surface area contributed by atoms with Crippen LogP contribution in [-0.2, 0) is 18.4 Å². The SMILES string of the molecule is CN(C)c1ccc(NC(=O)Cn2c(=O)n(C)c3ccccc32)cc1. The Kier molecular flexibility index (Phi) is 4.12. The van der Waals surface area contributed by atoms with E-state index in [2.05, 4.69) is 5.32 Å². The van der Waals surface area contributed by atoms with Crippen LogP contribution in [0.4, 0.5) is 11.4 Å². The van der Waals surface area contributed by atoms with Crippen LogP contribution in [0.2, 0.25) is 0 Å². The van der Waals surface area contributed by atoms with Gasteiger partial charge >= 0.3 is 5.69 Å². The predicted molar refractivity (Wildman–Crippen MR) is 96.6 cm³/mol. The molecule has 0 saturated heterocycles. The maximum absolute atomic E-state index is 12.3. The topological polar surface area (TPSA) is 59.3 Å². The lowest BCUT2D eigenvalue weighted by molar-refractivity contribution is -0.116. The number of rotatable bonds is 4. The Bertz CT molecular complexity index is 936. The number of nitrogens with one attached hydrogen (secondary N) is 1. The third-order valence-electron chi connectivity index (χ3n) is 4.02. The van der Waals surface area contributed by atoms with Crippen LogP contribution in [-0.4, -0.2) is 29.1 Å². The molecule has 1 aromatic heterocycles. The molecule has 0 radical (unpaired) electrons. The van der Waals surface area contributed by atoms with Crippen molar-refractivity contribution in [1.29, 1.82) is 0 Å². The van der Waals surface area contributed by atoms with Crippen molar-refractivity contribution < 1.29 is 4.79 Å². The number of amides is 1. The highest BCUT2D eigenvalue weighted by molar-refractivity contribution is 5.91. The minimum absolute atomic E-state index is 0.0182. The molecule has 3 rings (SSSR count). The number of para-hydroxylation sites is 2. The molecular weight excluding hydrogens is 304 g/mol. The number of benzene rings is 2. The van der Waals surface area contributed by atoms with Gasteiger partial charge in [-0.3, -0.25) is 13.9 Å². The third-order valence-corrected chi connectivity index (χ3v) is 4.02. The van der Waals surface area contributed by atoms with Gasteiger partial charge in [0.2, 0.25) is 5.91 Å². The largest absolute Gasteiger partial charge is 0.378 e. The van der Waals surface area contributed by atoms with E-state index in [1.54, 1.807) is 11.6 Å². The van der Waals surface area contributed by atoms with E-state index in [1.165, 1.54) is 4.57 Å². The second-order valence-electron chi connectivity index (χ2n) is 5.91. The summed E-state index contributed by atoms with van der Waals surface area (Å²) in [6.07, 6.45) is 0. The molecule has 6 nitrogen and oxygen atoms in total. The molecule has 2 aromatic carbocycles. The first-order valence-corrected chi connectivity index (χ1v) is 7.69. The van der Waals surface area contributed by atoms with Gasteiger partial charge in [-0.25, -0.2) is 4.79 Å². The van der Waals surface area contributed by atoms with Crippen molar-refractivity contribution in [2.75, 3.05) is 24.3 Å². The van der Waals surface area contributed by atoms with Crippen LogP contribution in [0.3, 0.4) is 0 Å². The van der Waals surface area contributed by atoms with Crippen molar-refractivity contribution in [3.05, 3.63) is 59.0 Å². The monoisotopic (exact) mass is 324 g/mol. The summed E-state index contributed by atoms with van der Waals surface area (Å²) >= 11 is 0. The molecular formula is C18H20N4O2. The minimum atomic E-state index is -0.231. The lowest BCUT2D eigenvalue weighted by Crippen LogP contribution is -2.28. The summed E-state index contributed by atoms with van der Waals surface area (Å²) in [6.45, 7) is -0.0182. The molecule has 0 atom stereocenters. The van der Waals surface area contributed by atoms with Crippen molar-refractivity contribution in [2.45, 2.75) is 6.54 Å². The van der Waals surface area contributed by atoms with Gasteiger partial charge in [-0.2, -0.15) is 0 Å². The van der Waals surface area contributed by atoms with Crippen molar-refractivity contribution >= 4 is 28.3 Å². The summed E-state index contributed by atoms with van der Waals surface area (Å²) < 4.78 is 3.04. The summed E-state index contributed by atoms with van der Waals surface area (Å²) in [5.41, 5.74) is 3.13. The zero-order chi connectivity index (χ0) is 17.3. The molecule has 0 aliphatic heterocycles. The number of nitrogens with zero attached hydrogens (tertiary/aromatic N) is 3. The molecule has 0 bridgehead atoms. The maximum atomic E-state index is 12.3. The number of hydrogen-bond donors (Lipinski definition) is 1. The standard InChI is InChI=1S/C18H20N4O2/c1-20(2)14-10-8-13(9-11-14)19-17(23)12-22-16-7-5-4-6-15(16)21(3)18(22)24/h4-11H,12H2,1-3H3,(H,19,23). The van der Waals surface area contributed by atoms with E-state index in [0.29, 0.717) is 5.69 Å². The smallest absolute Gasteiger partial charge is 0.329 e. The Labute approximate surface area is 139 Å². The molecule has 24 heavy (non-hydrogen) atoms. The maximum Gasteiger partial charge on any atom is 0.329 e. The number of aromatic nitrogens is 2. The van der Waals surface area contributed by atoms with E-state index in [4.69, 9.17) is 0 Å². The number of carbonyl (C=O) groups is 1. The number of hydrogen-bond acceptors (Lipinski definition) is 3. The summed E-state index contributed by atoms with van der Waals surface area (Å²) in [4.78, 5) is 26.6. The Morgan fingerprint density at radius 2 is 1.67 bits per heavy atom. The summed E-state index contributed by atoms with van der Waals surface area (Å²) in [7, 11) is 5.63. The Balaban J connectivity index is 1.80. The molecule has 124 valence electrons. The van der Waals surface area contributed by atoms with E-state index in [0.717, 1.165) is 16.7 Å². The molecule has 0 saturated carbocycles. The summed E-state index contributed by atoms with van der Waals surface area (Å²) in [6, 6.07) is 15.0. The fourth-order valence-corrected chi connectivity index (χ4v) is 2.70. The van der Waals surface area contributed by atoms with E-state index in [9.17, 15) is 9.59 Å². The van der Waals surface area contributed by atoms with Gasteiger partial charge in [0.15, 0.2) is 0 Å². The first-order valence-electron chi connectivity index (χ1n) is 7.69. The van der Waals surface area contributed by atoms with Crippen molar-refractivity contribution in [2.24, 2.45) is 7.05 Å². The van der Waals surface area contributed by atoms with Crippen LogP contribution >= 0.6 is 0 Å². The fourth-order valence-electron chi connectivity index (χ4n) is 2.70. The normalized spacial score (nSPS) is 10.8. The molecule has 0 unspecified atom stereocenters. The third kappa shape index (κ3) is 2.90. The zero-order valence-corrected chi connectivity index (χ0v) is 14.0. The van der Waals surface area contributed by atoms with Crippen LogP contribution in [0.25, 0.3) is 11.0 Å². The first-order chi connectivity index (χ1) is 11.5. The molecule has 0 aliphatic carbocycles. The first kappa shape index (κ1) is 15.9. The molecule has 1 N–H and O–H groups in total. The van der Waals surface area contributed by atoms with Crippen LogP contribution < -0.4 is 15.9 Å². The molecule has 0 spiro atoms. The number of carbonyl (C=O) groups excluding carboxylic acids is 1. The lowest BCUT2D eigenvalue weighted by Gasteiger charge is -2.13. The highest BCUT2D eigenvalue weighted by Crippen LogP contribution is 2.16. The molecule has 0 fully saturated rings. The number of aryl methyl sites for hydroxylation is 1. The van der Waals surface area contributed by atoms with E-state index in [-0.39, 0.29) is 18.1 Å².